The molecular formula is C11H24N2. The number of unbranched alkanes of at least 4 members (excludes halogenated alkanes) is 1. The lowest BCUT2D eigenvalue weighted by molar-refractivity contribution is 0.301. The molecule has 0 spiro atoms. The second-order valence-electron chi connectivity index (χ2n) is 3.74. The fourth-order valence-corrected chi connectivity index (χ4v) is 1.46. The summed E-state index contributed by atoms with van der Waals surface area (Å²) >= 11 is 0. The van der Waals surface area contributed by atoms with Crippen LogP contribution >= 0.6 is 0 Å². The van der Waals surface area contributed by atoms with E-state index < -0.39 is 0 Å². The molecule has 1 atom stereocenters. The van der Waals surface area contributed by atoms with Crippen molar-refractivity contribution in [2.24, 2.45) is 5.73 Å². The first-order chi connectivity index (χ1) is 6.20. The molecule has 0 bridgehead atoms. The molecule has 2 N–H and O–H groups in total. The van der Waals surface area contributed by atoms with Crippen molar-refractivity contribution in [3.05, 3.63) is 12.7 Å². The molecule has 2 heteroatoms. The molecule has 0 heterocycles. The van der Waals surface area contributed by atoms with E-state index in [4.69, 9.17) is 5.73 Å². The van der Waals surface area contributed by atoms with E-state index in [0.717, 1.165) is 25.9 Å². The van der Waals surface area contributed by atoms with Gasteiger partial charge in [-0.25, -0.2) is 0 Å². The number of allylic oxidation sites excluding steroid dienone is 1. The van der Waals surface area contributed by atoms with Gasteiger partial charge in [0.15, 0.2) is 0 Å². The summed E-state index contributed by atoms with van der Waals surface area (Å²) in [7, 11) is 2.14. The van der Waals surface area contributed by atoms with Crippen molar-refractivity contribution in [3.8, 4) is 0 Å². The van der Waals surface area contributed by atoms with Gasteiger partial charge in [0.2, 0.25) is 0 Å². The van der Waals surface area contributed by atoms with Crippen LogP contribution in [-0.2, 0) is 0 Å². The first kappa shape index (κ1) is 12.7. The van der Waals surface area contributed by atoms with Crippen LogP contribution in [0.2, 0.25) is 0 Å². The summed E-state index contributed by atoms with van der Waals surface area (Å²) in [6, 6.07) is 0.346. The summed E-state index contributed by atoms with van der Waals surface area (Å²) in [5.41, 5.74) is 5.93. The Kier molecular flexibility index (Phi) is 8.05. The van der Waals surface area contributed by atoms with E-state index in [0.29, 0.717) is 6.04 Å². The SMILES string of the molecule is C=CCCCN(C)CC(N)CCC. The van der Waals surface area contributed by atoms with E-state index in [2.05, 4.69) is 25.5 Å². The molecule has 0 aromatic heterocycles. The van der Waals surface area contributed by atoms with Crippen LogP contribution in [0.3, 0.4) is 0 Å². The maximum Gasteiger partial charge on any atom is 0.0167 e. The van der Waals surface area contributed by atoms with Crippen molar-refractivity contribution < 1.29 is 0 Å². The van der Waals surface area contributed by atoms with Crippen molar-refractivity contribution in [2.75, 3.05) is 20.1 Å². The fourth-order valence-electron chi connectivity index (χ4n) is 1.46. The number of nitrogens with zero attached hydrogens (tertiary/aromatic N) is 1. The molecular weight excluding hydrogens is 160 g/mol. The topological polar surface area (TPSA) is 29.3 Å². The highest BCUT2D eigenvalue weighted by Crippen LogP contribution is 1.98. The molecule has 0 aliphatic rings. The van der Waals surface area contributed by atoms with Gasteiger partial charge in [-0.05, 0) is 32.9 Å². The lowest BCUT2D eigenvalue weighted by atomic mass is 10.1. The van der Waals surface area contributed by atoms with Gasteiger partial charge >= 0.3 is 0 Å². The molecule has 0 amide bonds. The van der Waals surface area contributed by atoms with Crippen molar-refractivity contribution in [1.29, 1.82) is 0 Å². The molecule has 2 nitrogen and oxygen atoms in total. The number of hydrogen-bond acceptors (Lipinski definition) is 2. The molecule has 0 aromatic carbocycles. The van der Waals surface area contributed by atoms with Crippen LogP contribution in [0.1, 0.15) is 32.6 Å². The zero-order chi connectivity index (χ0) is 10.1. The summed E-state index contributed by atoms with van der Waals surface area (Å²) in [5, 5.41) is 0. The van der Waals surface area contributed by atoms with Gasteiger partial charge in [0.05, 0.1) is 0 Å². The first-order valence-electron chi connectivity index (χ1n) is 5.25. The summed E-state index contributed by atoms with van der Waals surface area (Å²) in [4.78, 5) is 2.31. The van der Waals surface area contributed by atoms with Crippen LogP contribution in [0, 0.1) is 0 Å². The molecule has 0 rings (SSSR count). The van der Waals surface area contributed by atoms with E-state index in [9.17, 15) is 0 Å². The number of nitrogens with two attached hydrogens (primary N) is 1. The minimum absolute atomic E-state index is 0.346. The molecule has 0 aliphatic carbocycles. The van der Waals surface area contributed by atoms with E-state index in [1.54, 1.807) is 0 Å². The summed E-state index contributed by atoms with van der Waals surface area (Å²) < 4.78 is 0. The van der Waals surface area contributed by atoms with Gasteiger partial charge in [-0.1, -0.05) is 19.4 Å². The van der Waals surface area contributed by atoms with Crippen LogP contribution in [0.5, 0.6) is 0 Å². The monoisotopic (exact) mass is 184 g/mol. The van der Waals surface area contributed by atoms with E-state index in [1.165, 1.54) is 12.8 Å². The number of likely N-dealkylation sites (N-methyl/N-ethyl adjacent to an activating group) is 1. The van der Waals surface area contributed by atoms with Crippen LogP contribution in [0.4, 0.5) is 0 Å². The lowest BCUT2D eigenvalue weighted by Crippen LogP contribution is -2.35. The zero-order valence-corrected chi connectivity index (χ0v) is 9.13. The molecule has 1 unspecified atom stereocenters. The fraction of sp³-hybridized carbons (Fsp3) is 0.818. The number of rotatable bonds is 8. The number of hydrogen-bond donors (Lipinski definition) is 1. The predicted molar refractivity (Wildman–Crippen MR) is 59.8 cm³/mol. The van der Waals surface area contributed by atoms with Crippen molar-refractivity contribution in [1.82, 2.24) is 4.90 Å². The summed E-state index contributed by atoms with van der Waals surface area (Å²) in [6.45, 7) is 8.03. The van der Waals surface area contributed by atoms with Crippen molar-refractivity contribution >= 4 is 0 Å². The Bertz CT molecular complexity index is 123. The Morgan fingerprint density at radius 1 is 1.54 bits per heavy atom. The normalized spacial score (nSPS) is 13.2. The Hall–Kier alpha value is -0.340. The minimum atomic E-state index is 0.346. The Labute approximate surface area is 82.8 Å². The molecule has 0 saturated heterocycles. The smallest absolute Gasteiger partial charge is 0.0167 e. The standard InChI is InChI=1S/C11H24N2/c1-4-6-7-9-13(3)10-11(12)8-5-2/h4,11H,1,5-10,12H2,2-3H3. The second-order valence-corrected chi connectivity index (χ2v) is 3.74. The maximum atomic E-state index is 5.93. The van der Waals surface area contributed by atoms with E-state index >= 15 is 0 Å². The van der Waals surface area contributed by atoms with Crippen LogP contribution in [0.25, 0.3) is 0 Å². The molecule has 0 fully saturated rings. The molecule has 0 saturated carbocycles. The third-order valence-corrected chi connectivity index (χ3v) is 2.15. The summed E-state index contributed by atoms with van der Waals surface area (Å²) in [5.74, 6) is 0. The third-order valence-electron chi connectivity index (χ3n) is 2.15. The average molecular weight is 184 g/mol. The predicted octanol–water partition coefficient (Wildman–Crippen LogP) is 2.01. The second kappa shape index (κ2) is 8.27. The van der Waals surface area contributed by atoms with Crippen LogP contribution < -0.4 is 5.73 Å². The van der Waals surface area contributed by atoms with Gasteiger partial charge in [0, 0.05) is 12.6 Å². The van der Waals surface area contributed by atoms with Crippen LogP contribution in [-0.4, -0.2) is 31.1 Å². The van der Waals surface area contributed by atoms with Gasteiger partial charge in [-0.15, -0.1) is 6.58 Å². The first-order valence-corrected chi connectivity index (χ1v) is 5.25. The van der Waals surface area contributed by atoms with E-state index in [-0.39, 0.29) is 0 Å². The molecule has 0 aliphatic heterocycles. The Morgan fingerprint density at radius 2 is 2.23 bits per heavy atom. The van der Waals surface area contributed by atoms with Crippen molar-refractivity contribution in [3.63, 3.8) is 0 Å². The van der Waals surface area contributed by atoms with Gasteiger partial charge < -0.3 is 10.6 Å². The zero-order valence-electron chi connectivity index (χ0n) is 9.13. The molecule has 0 radical (unpaired) electrons. The highest BCUT2D eigenvalue weighted by molar-refractivity contribution is 4.69. The summed E-state index contributed by atoms with van der Waals surface area (Å²) in [6.07, 6.45) is 6.58. The quantitative estimate of drug-likeness (QED) is 0.462. The molecule has 13 heavy (non-hydrogen) atoms. The van der Waals surface area contributed by atoms with Crippen molar-refractivity contribution in [2.45, 2.75) is 38.6 Å². The largest absolute Gasteiger partial charge is 0.327 e. The van der Waals surface area contributed by atoms with Gasteiger partial charge in [-0.3, -0.25) is 0 Å². The highest BCUT2D eigenvalue weighted by atomic mass is 15.1. The third kappa shape index (κ3) is 8.00. The minimum Gasteiger partial charge on any atom is -0.327 e. The van der Waals surface area contributed by atoms with Gasteiger partial charge in [0.1, 0.15) is 0 Å². The van der Waals surface area contributed by atoms with Gasteiger partial charge in [-0.2, -0.15) is 0 Å². The highest BCUT2D eigenvalue weighted by Gasteiger charge is 2.04. The van der Waals surface area contributed by atoms with E-state index in [1.807, 2.05) is 6.08 Å². The van der Waals surface area contributed by atoms with Crippen LogP contribution in [0.15, 0.2) is 12.7 Å². The van der Waals surface area contributed by atoms with Gasteiger partial charge in [0.25, 0.3) is 0 Å². The average Bonchev–Trinajstić information content (AvgIpc) is 2.05. The lowest BCUT2D eigenvalue weighted by Gasteiger charge is -2.20. The molecule has 78 valence electrons. The molecule has 0 aromatic rings. The maximum absolute atomic E-state index is 5.93. The Balaban J connectivity index is 3.37. The Morgan fingerprint density at radius 3 is 2.77 bits per heavy atom.